The molecule has 0 aromatic carbocycles. The van der Waals surface area contributed by atoms with Crippen molar-refractivity contribution in [1.82, 2.24) is 10.4 Å². The molecule has 0 saturated carbocycles. The second kappa shape index (κ2) is 2.50. The monoisotopic (exact) mass is 184 g/mol. The number of hydrogen-bond donors (Lipinski definition) is 1. The van der Waals surface area contributed by atoms with Crippen molar-refractivity contribution in [2.24, 2.45) is 5.10 Å². The number of hydrazine groups is 1. The highest BCUT2D eigenvalue weighted by atomic mass is 19.4. The van der Waals surface area contributed by atoms with Gasteiger partial charge in [-0.1, -0.05) is 0 Å². The van der Waals surface area contributed by atoms with E-state index in [-0.39, 0.29) is 5.01 Å². The fourth-order valence-electron chi connectivity index (χ4n) is 0.649. The van der Waals surface area contributed by atoms with Crippen LogP contribution < -0.4 is 5.43 Å². The number of hydrazone groups is 1. The van der Waals surface area contributed by atoms with E-state index in [1.54, 1.807) is 5.43 Å². The molecule has 12 heavy (non-hydrogen) atoms. The molecule has 0 aromatic heterocycles. The van der Waals surface area contributed by atoms with Gasteiger partial charge >= 0.3 is 6.18 Å². The van der Waals surface area contributed by atoms with Gasteiger partial charge in [0.2, 0.25) is 0 Å². The van der Waals surface area contributed by atoms with Crippen LogP contribution in [0.15, 0.2) is 5.10 Å². The Hall–Kier alpha value is -1.54. The van der Waals surface area contributed by atoms with Crippen LogP contribution in [0, 0.1) is 10.1 Å². The van der Waals surface area contributed by atoms with E-state index in [0.717, 1.165) is 0 Å². The first-order chi connectivity index (χ1) is 5.43. The van der Waals surface area contributed by atoms with Crippen LogP contribution in [-0.2, 0) is 0 Å². The van der Waals surface area contributed by atoms with Crippen molar-refractivity contribution in [3.05, 3.63) is 10.1 Å². The predicted molar refractivity (Wildman–Crippen MR) is 30.3 cm³/mol. The summed E-state index contributed by atoms with van der Waals surface area (Å²) in [7, 11) is 0. The van der Waals surface area contributed by atoms with Crippen molar-refractivity contribution < 1.29 is 18.2 Å². The van der Waals surface area contributed by atoms with Gasteiger partial charge in [-0.3, -0.25) is 5.43 Å². The van der Waals surface area contributed by atoms with Crippen LogP contribution in [0.4, 0.5) is 13.2 Å². The number of nitrogens with one attached hydrogen (secondary N) is 1. The molecular formula is C3H3F3N4O2. The Bertz CT molecular complexity index is 226. The zero-order chi connectivity index (χ0) is 9.35. The largest absolute Gasteiger partial charge is 0.434 e. The van der Waals surface area contributed by atoms with Crippen LogP contribution in [0.25, 0.3) is 0 Å². The fraction of sp³-hybridized carbons (Fsp3) is 0.667. The highest BCUT2D eigenvalue weighted by Gasteiger charge is 2.50. The second-order valence-electron chi connectivity index (χ2n) is 1.94. The molecular weight excluding hydrogens is 181 g/mol. The topological polar surface area (TPSA) is 70.8 Å². The molecule has 0 radical (unpaired) electrons. The van der Waals surface area contributed by atoms with E-state index in [2.05, 4.69) is 5.10 Å². The van der Waals surface area contributed by atoms with Gasteiger partial charge in [0.25, 0.3) is 6.17 Å². The lowest BCUT2D eigenvalue weighted by atomic mass is 10.5. The summed E-state index contributed by atoms with van der Waals surface area (Å²) in [5.41, 5.74) is 1.56. The highest BCUT2D eigenvalue weighted by molar-refractivity contribution is 5.55. The zero-order valence-electron chi connectivity index (χ0n) is 5.45. The fourth-order valence-corrected chi connectivity index (χ4v) is 0.649. The summed E-state index contributed by atoms with van der Waals surface area (Å²) >= 11 is 0. The van der Waals surface area contributed by atoms with Crippen LogP contribution in [-0.4, -0.2) is 28.7 Å². The van der Waals surface area contributed by atoms with E-state index in [4.69, 9.17) is 0 Å². The SMILES string of the molecule is O=[N+]([O-])N1C=NNC1C(F)(F)F. The maximum absolute atomic E-state index is 11.9. The summed E-state index contributed by atoms with van der Waals surface area (Å²) in [4.78, 5) is 9.96. The Morgan fingerprint density at radius 1 is 1.67 bits per heavy atom. The van der Waals surface area contributed by atoms with Crippen molar-refractivity contribution in [3.8, 4) is 0 Å². The third kappa shape index (κ3) is 1.38. The number of hydrogen-bond acceptors (Lipinski definition) is 4. The molecule has 0 fully saturated rings. The number of alkyl halides is 3. The van der Waals surface area contributed by atoms with Crippen LogP contribution in [0.2, 0.25) is 0 Å². The summed E-state index contributed by atoms with van der Waals surface area (Å²) < 4.78 is 35.6. The molecule has 1 aliphatic rings. The van der Waals surface area contributed by atoms with E-state index < -0.39 is 17.4 Å². The van der Waals surface area contributed by atoms with Crippen LogP contribution in [0.5, 0.6) is 0 Å². The third-order valence-electron chi connectivity index (χ3n) is 1.14. The average molecular weight is 184 g/mol. The first-order valence-electron chi connectivity index (χ1n) is 2.71. The lowest BCUT2D eigenvalue weighted by molar-refractivity contribution is -0.642. The molecule has 0 spiro atoms. The first-order valence-corrected chi connectivity index (χ1v) is 2.71. The van der Waals surface area contributed by atoms with Crippen LogP contribution >= 0.6 is 0 Å². The minimum Gasteiger partial charge on any atom is -0.272 e. The Kier molecular flexibility index (Phi) is 1.78. The van der Waals surface area contributed by atoms with Crippen molar-refractivity contribution in [3.63, 3.8) is 0 Å². The average Bonchev–Trinajstić information content (AvgIpc) is 2.30. The molecule has 1 atom stereocenters. The van der Waals surface area contributed by atoms with Gasteiger partial charge in [-0.05, 0) is 5.01 Å². The van der Waals surface area contributed by atoms with Crippen LogP contribution in [0.3, 0.4) is 0 Å². The summed E-state index contributed by atoms with van der Waals surface area (Å²) in [6, 6.07) is 0. The maximum atomic E-state index is 11.9. The normalized spacial score (nSPS) is 22.6. The van der Waals surface area contributed by atoms with Gasteiger partial charge in [0.15, 0.2) is 11.4 Å². The Morgan fingerprint density at radius 2 is 2.25 bits per heavy atom. The molecule has 1 rings (SSSR count). The van der Waals surface area contributed by atoms with Gasteiger partial charge in [0, 0.05) is 0 Å². The highest BCUT2D eigenvalue weighted by Crippen LogP contribution is 2.23. The lowest BCUT2D eigenvalue weighted by Crippen LogP contribution is -2.50. The molecule has 0 aromatic rings. The van der Waals surface area contributed by atoms with Crippen molar-refractivity contribution in [2.75, 3.05) is 0 Å². The van der Waals surface area contributed by atoms with Gasteiger partial charge in [-0.2, -0.15) is 18.3 Å². The summed E-state index contributed by atoms with van der Waals surface area (Å²) in [6.07, 6.45) is -6.62. The van der Waals surface area contributed by atoms with E-state index >= 15 is 0 Å². The molecule has 0 bridgehead atoms. The zero-order valence-corrected chi connectivity index (χ0v) is 5.45. The van der Waals surface area contributed by atoms with Crippen molar-refractivity contribution in [2.45, 2.75) is 12.3 Å². The molecule has 0 amide bonds. The minimum absolute atomic E-state index is 0.153. The third-order valence-corrected chi connectivity index (χ3v) is 1.14. The minimum atomic E-state index is -4.72. The van der Waals surface area contributed by atoms with Gasteiger partial charge in [-0.15, -0.1) is 0 Å². The number of rotatable bonds is 1. The predicted octanol–water partition coefficient (Wildman–Crippen LogP) is -0.0850. The van der Waals surface area contributed by atoms with Gasteiger partial charge in [0.1, 0.15) is 0 Å². The lowest BCUT2D eigenvalue weighted by Gasteiger charge is -2.16. The Labute approximate surface area is 63.8 Å². The van der Waals surface area contributed by atoms with E-state index in [1.807, 2.05) is 0 Å². The van der Waals surface area contributed by atoms with Gasteiger partial charge in [0.05, 0.1) is 0 Å². The number of nitro groups is 1. The van der Waals surface area contributed by atoms with E-state index in [1.165, 1.54) is 0 Å². The van der Waals surface area contributed by atoms with Gasteiger partial charge < -0.3 is 0 Å². The van der Waals surface area contributed by atoms with Crippen molar-refractivity contribution in [1.29, 1.82) is 0 Å². The molecule has 1 unspecified atom stereocenters. The summed E-state index contributed by atoms with van der Waals surface area (Å²) in [5.74, 6) is 0. The van der Waals surface area contributed by atoms with Gasteiger partial charge in [-0.25, -0.2) is 10.1 Å². The molecule has 9 heteroatoms. The summed E-state index contributed by atoms with van der Waals surface area (Å²) in [6.45, 7) is 0. The quantitative estimate of drug-likeness (QED) is 0.456. The molecule has 6 nitrogen and oxygen atoms in total. The summed E-state index contributed by atoms with van der Waals surface area (Å²) in [5, 5.41) is 11.5. The van der Waals surface area contributed by atoms with E-state index in [9.17, 15) is 23.3 Å². The Morgan fingerprint density at radius 3 is 2.58 bits per heavy atom. The second-order valence-corrected chi connectivity index (χ2v) is 1.94. The van der Waals surface area contributed by atoms with E-state index in [0.29, 0.717) is 6.34 Å². The molecule has 1 N–H and O–H groups in total. The maximum Gasteiger partial charge on any atom is 0.434 e. The first kappa shape index (κ1) is 8.56. The smallest absolute Gasteiger partial charge is 0.272 e. The standard InChI is InChI=1S/C3H3F3N4O2/c4-3(5,6)2-8-7-1-9(2)10(11)12/h1-2,8H. The molecule has 1 aliphatic heterocycles. The molecule has 0 saturated heterocycles. The molecule has 68 valence electrons. The molecule has 0 aliphatic carbocycles. The molecule has 1 heterocycles. The number of nitrogens with zero attached hydrogens (tertiary/aromatic N) is 3. The van der Waals surface area contributed by atoms with Crippen molar-refractivity contribution >= 4 is 6.34 Å². The number of halogens is 3. The Balaban J connectivity index is 2.75. The van der Waals surface area contributed by atoms with Crippen LogP contribution in [0.1, 0.15) is 0 Å².